The summed E-state index contributed by atoms with van der Waals surface area (Å²) in [6.45, 7) is 3.81. The lowest BCUT2D eigenvalue weighted by atomic mass is 9.76. The lowest BCUT2D eigenvalue weighted by Crippen LogP contribution is -3.00. The third-order valence-electron chi connectivity index (χ3n) is 7.07. The number of carbonyl (C=O) groups is 3. The van der Waals surface area contributed by atoms with Gasteiger partial charge in [-0.3, -0.25) is 19.3 Å². The van der Waals surface area contributed by atoms with Crippen molar-refractivity contribution in [3.8, 4) is 0 Å². The SMILES string of the molecule is Cc1ccc2c(c1)[C@]1([NH2+][C@H]([C@@H](C)O)[C@H]3C(=O)N(CCc4ccccc4)C(=O)[C@H]31)C(=O)N2. The van der Waals surface area contributed by atoms with Crippen molar-refractivity contribution in [2.45, 2.75) is 38.0 Å². The second-order valence-corrected chi connectivity index (χ2v) is 8.92. The summed E-state index contributed by atoms with van der Waals surface area (Å²) >= 11 is 0. The Morgan fingerprint density at radius 3 is 2.58 bits per heavy atom. The van der Waals surface area contributed by atoms with Crippen molar-refractivity contribution in [1.82, 2.24) is 4.90 Å². The molecule has 2 saturated heterocycles. The molecule has 7 nitrogen and oxygen atoms in total. The monoisotopic (exact) mass is 420 g/mol. The van der Waals surface area contributed by atoms with Crippen molar-refractivity contribution in [3.05, 3.63) is 65.2 Å². The van der Waals surface area contributed by atoms with Gasteiger partial charge in [0.05, 0.1) is 5.69 Å². The van der Waals surface area contributed by atoms with Crippen molar-refractivity contribution in [3.63, 3.8) is 0 Å². The molecule has 0 aliphatic carbocycles. The van der Waals surface area contributed by atoms with Gasteiger partial charge in [-0.15, -0.1) is 0 Å². The molecule has 0 aromatic heterocycles. The van der Waals surface area contributed by atoms with Crippen LogP contribution in [0.3, 0.4) is 0 Å². The average molecular weight is 420 g/mol. The van der Waals surface area contributed by atoms with E-state index in [2.05, 4.69) is 5.32 Å². The van der Waals surface area contributed by atoms with Crippen LogP contribution in [0.1, 0.15) is 23.6 Å². The number of hydrogen-bond donors (Lipinski definition) is 3. The maximum absolute atomic E-state index is 13.6. The number of fused-ring (bicyclic) bond motifs is 4. The van der Waals surface area contributed by atoms with E-state index in [1.165, 1.54) is 4.90 Å². The third kappa shape index (κ3) is 2.77. The summed E-state index contributed by atoms with van der Waals surface area (Å²) < 4.78 is 0. The van der Waals surface area contributed by atoms with Gasteiger partial charge in [0.1, 0.15) is 24.0 Å². The molecule has 0 unspecified atom stereocenters. The number of imide groups is 1. The molecule has 7 heteroatoms. The Morgan fingerprint density at radius 1 is 1.13 bits per heavy atom. The number of quaternary nitrogens is 1. The minimum Gasteiger partial charge on any atom is -0.387 e. The molecule has 1 spiro atoms. The van der Waals surface area contributed by atoms with Gasteiger partial charge in [-0.25, -0.2) is 0 Å². The quantitative estimate of drug-likeness (QED) is 0.620. The number of benzene rings is 2. The van der Waals surface area contributed by atoms with Gasteiger partial charge in [0.2, 0.25) is 17.4 Å². The highest BCUT2D eigenvalue weighted by atomic mass is 16.3. The Labute approximate surface area is 180 Å². The fourth-order valence-corrected chi connectivity index (χ4v) is 5.61. The van der Waals surface area contributed by atoms with Gasteiger partial charge >= 0.3 is 0 Å². The topological polar surface area (TPSA) is 103 Å². The van der Waals surface area contributed by atoms with Crippen LogP contribution in [0.5, 0.6) is 0 Å². The number of anilines is 1. The molecule has 160 valence electrons. The van der Waals surface area contributed by atoms with Crippen LogP contribution in [-0.2, 0) is 26.3 Å². The molecule has 2 aromatic carbocycles. The van der Waals surface area contributed by atoms with E-state index in [9.17, 15) is 19.5 Å². The molecule has 3 aliphatic rings. The molecular weight excluding hydrogens is 394 g/mol. The van der Waals surface area contributed by atoms with Crippen LogP contribution >= 0.6 is 0 Å². The van der Waals surface area contributed by atoms with E-state index in [4.69, 9.17) is 0 Å². The second kappa shape index (κ2) is 7.00. The molecule has 0 bridgehead atoms. The molecule has 3 aliphatic heterocycles. The van der Waals surface area contributed by atoms with Crippen molar-refractivity contribution in [2.75, 3.05) is 11.9 Å². The minimum absolute atomic E-state index is 0.263. The summed E-state index contributed by atoms with van der Waals surface area (Å²) in [6.07, 6.45) is -0.297. The molecule has 5 atom stereocenters. The summed E-state index contributed by atoms with van der Waals surface area (Å²) in [5.41, 5.74) is 2.16. The molecule has 5 rings (SSSR count). The van der Waals surface area contributed by atoms with Gasteiger partial charge in [0.25, 0.3) is 5.91 Å². The molecule has 0 radical (unpaired) electrons. The van der Waals surface area contributed by atoms with E-state index in [1.807, 2.05) is 55.5 Å². The first-order valence-corrected chi connectivity index (χ1v) is 10.7. The molecule has 0 saturated carbocycles. The number of hydrogen-bond acceptors (Lipinski definition) is 4. The lowest BCUT2D eigenvalue weighted by Gasteiger charge is -2.27. The molecule has 2 aromatic rings. The van der Waals surface area contributed by atoms with E-state index >= 15 is 0 Å². The molecular formula is C24H26N3O4+. The van der Waals surface area contributed by atoms with Gasteiger partial charge in [-0.05, 0) is 38.0 Å². The van der Waals surface area contributed by atoms with E-state index in [0.29, 0.717) is 12.1 Å². The average Bonchev–Trinajstić information content (AvgIpc) is 3.33. The van der Waals surface area contributed by atoms with Crippen molar-refractivity contribution in [1.29, 1.82) is 0 Å². The van der Waals surface area contributed by atoms with E-state index in [-0.39, 0.29) is 24.3 Å². The van der Waals surface area contributed by atoms with Crippen molar-refractivity contribution >= 4 is 23.4 Å². The predicted molar refractivity (Wildman–Crippen MR) is 113 cm³/mol. The summed E-state index contributed by atoms with van der Waals surface area (Å²) in [6, 6.07) is 14.8. The van der Waals surface area contributed by atoms with Crippen molar-refractivity contribution in [2.24, 2.45) is 11.8 Å². The maximum Gasteiger partial charge on any atom is 0.291 e. The molecule has 4 N–H and O–H groups in total. The Balaban J connectivity index is 1.55. The van der Waals surface area contributed by atoms with Crippen LogP contribution in [-0.4, -0.2) is 46.4 Å². The van der Waals surface area contributed by atoms with Crippen LogP contribution in [0.15, 0.2) is 48.5 Å². The number of amides is 3. The zero-order valence-electron chi connectivity index (χ0n) is 17.5. The first-order chi connectivity index (χ1) is 14.8. The van der Waals surface area contributed by atoms with Crippen LogP contribution in [0, 0.1) is 18.8 Å². The molecule has 3 heterocycles. The number of nitrogens with two attached hydrogens (primary N) is 1. The molecule has 31 heavy (non-hydrogen) atoms. The van der Waals surface area contributed by atoms with Crippen LogP contribution in [0.2, 0.25) is 0 Å². The van der Waals surface area contributed by atoms with Gasteiger partial charge < -0.3 is 15.7 Å². The summed E-state index contributed by atoms with van der Waals surface area (Å²) in [5, 5.41) is 15.2. The standard InChI is InChI=1S/C24H25N3O4/c1-13-8-9-17-16(12-13)24(23(31)25-17)19-18(20(26-24)14(2)28)21(29)27(22(19)30)11-10-15-6-4-3-5-7-15/h3-9,12,14,18-20,26,28H,10-11H2,1-2H3,(H,25,31)/p+1/t14-,18+,19+,20-,24-/m1/s1. The second-order valence-electron chi connectivity index (χ2n) is 8.92. The Morgan fingerprint density at radius 2 is 1.87 bits per heavy atom. The van der Waals surface area contributed by atoms with Crippen molar-refractivity contribution < 1.29 is 24.8 Å². The zero-order chi connectivity index (χ0) is 21.9. The van der Waals surface area contributed by atoms with Crippen LogP contribution in [0.4, 0.5) is 5.69 Å². The summed E-state index contributed by atoms with van der Waals surface area (Å²) in [7, 11) is 0. The Hall–Kier alpha value is -3.03. The highest BCUT2D eigenvalue weighted by molar-refractivity contribution is 6.13. The Kier molecular flexibility index (Phi) is 4.50. The number of aryl methyl sites for hydroxylation is 1. The van der Waals surface area contributed by atoms with Crippen LogP contribution in [0.25, 0.3) is 0 Å². The lowest BCUT2D eigenvalue weighted by molar-refractivity contribution is -0.738. The summed E-state index contributed by atoms with van der Waals surface area (Å²) in [5.74, 6) is -2.48. The normalized spacial score (nSPS) is 30.0. The van der Waals surface area contributed by atoms with E-state index in [0.717, 1.165) is 16.7 Å². The fourth-order valence-electron chi connectivity index (χ4n) is 5.61. The van der Waals surface area contributed by atoms with Gasteiger partial charge in [-0.2, -0.15) is 0 Å². The minimum atomic E-state index is -1.23. The predicted octanol–water partition coefficient (Wildman–Crippen LogP) is 0.313. The first kappa shape index (κ1) is 19.9. The number of nitrogens with zero attached hydrogens (tertiary/aromatic N) is 1. The number of nitrogens with one attached hydrogen (secondary N) is 1. The van der Waals surface area contributed by atoms with Gasteiger partial charge in [0, 0.05) is 12.1 Å². The largest absolute Gasteiger partial charge is 0.387 e. The zero-order valence-corrected chi connectivity index (χ0v) is 17.5. The van der Waals surface area contributed by atoms with Gasteiger partial charge in [0.15, 0.2) is 0 Å². The highest BCUT2D eigenvalue weighted by Gasteiger charge is 2.74. The number of likely N-dealkylation sites (tertiary alicyclic amines) is 1. The van der Waals surface area contributed by atoms with E-state index in [1.54, 1.807) is 12.2 Å². The fraction of sp³-hybridized carbons (Fsp3) is 0.375. The number of rotatable bonds is 4. The summed E-state index contributed by atoms with van der Waals surface area (Å²) in [4.78, 5) is 41.6. The Bertz CT molecular complexity index is 1080. The molecule has 3 amide bonds. The van der Waals surface area contributed by atoms with Crippen LogP contribution < -0.4 is 10.6 Å². The third-order valence-corrected chi connectivity index (χ3v) is 7.07. The van der Waals surface area contributed by atoms with E-state index < -0.39 is 29.5 Å². The number of carbonyl (C=O) groups excluding carboxylic acids is 3. The highest BCUT2D eigenvalue weighted by Crippen LogP contribution is 2.49. The number of aliphatic hydroxyl groups excluding tert-OH is 1. The first-order valence-electron chi connectivity index (χ1n) is 10.7. The van der Waals surface area contributed by atoms with Gasteiger partial charge in [-0.1, -0.05) is 42.0 Å². The molecule has 2 fully saturated rings. The smallest absolute Gasteiger partial charge is 0.291 e. The maximum atomic E-state index is 13.6. The number of aliphatic hydroxyl groups is 1.